The van der Waals surface area contributed by atoms with Gasteiger partial charge in [0.2, 0.25) is 5.89 Å². The van der Waals surface area contributed by atoms with Gasteiger partial charge in [0.05, 0.1) is 11.3 Å². The normalized spacial score (nSPS) is 14.6. The molecule has 6 nitrogen and oxygen atoms in total. The summed E-state index contributed by atoms with van der Waals surface area (Å²) in [5.74, 6) is 1.83. The molecular weight excluding hydrogens is 432 g/mol. The van der Waals surface area contributed by atoms with Crippen molar-refractivity contribution in [3.63, 3.8) is 0 Å². The van der Waals surface area contributed by atoms with Crippen LogP contribution >= 0.6 is 11.8 Å². The zero-order valence-corrected chi connectivity index (χ0v) is 19.4. The molecule has 2 heterocycles. The Morgan fingerprint density at radius 3 is 2.55 bits per heavy atom. The number of aromatic nitrogens is 2. The number of thioether (sulfide) groups is 1. The SMILES string of the molecule is Cc1noc(CSc2ccccc2C(=O)N2CCN(Cc3cccc4ccccc34)CC2)n1. The first-order chi connectivity index (χ1) is 16.2. The first-order valence-electron chi connectivity index (χ1n) is 11.2. The molecule has 3 aromatic carbocycles. The molecule has 7 heteroatoms. The second-order valence-corrected chi connectivity index (χ2v) is 9.24. The molecule has 4 aromatic rings. The first-order valence-corrected chi connectivity index (χ1v) is 12.2. The summed E-state index contributed by atoms with van der Waals surface area (Å²) in [6.07, 6.45) is 0. The maximum Gasteiger partial charge on any atom is 0.255 e. The molecule has 0 unspecified atom stereocenters. The summed E-state index contributed by atoms with van der Waals surface area (Å²) in [6, 6.07) is 22.8. The van der Waals surface area contributed by atoms with Crippen LogP contribution in [0.3, 0.4) is 0 Å². The van der Waals surface area contributed by atoms with E-state index in [2.05, 4.69) is 57.5 Å². The van der Waals surface area contributed by atoms with E-state index in [1.165, 1.54) is 16.3 Å². The van der Waals surface area contributed by atoms with Gasteiger partial charge in [0.25, 0.3) is 5.91 Å². The van der Waals surface area contributed by atoms with E-state index in [1.54, 1.807) is 18.7 Å². The predicted molar refractivity (Wildman–Crippen MR) is 130 cm³/mol. The molecule has 0 atom stereocenters. The number of amides is 1. The van der Waals surface area contributed by atoms with Crippen LogP contribution in [0.25, 0.3) is 10.8 Å². The highest BCUT2D eigenvalue weighted by molar-refractivity contribution is 7.98. The molecule has 0 N–H and O–H groups in total. The van der Waals surface area contributed by atoms with Gasteiger partial charge in [-0.25, -0.2) is 0 Å². The van der Waals surface area contributed by atoms with E-state index in [9.17, 15) is 4.79 Å². The van der Waals surface area contributed by atoms with Crippen molar-refractivity contribution >= 4 is 28.4 Å². The Balaban J connectivity index is 1.22. The number of nitrogens with zero attached hydrogens (tertiary/aromatic N) is 4. The van der Waals surface area contributed by atoms with Crippen LogP contribution in [-0.4, -0.2) is 52.0 Å². The Bertz CT molecular complexity index is 1260. The number of piperazine rings is 1. The maximum absolute atomic E-state index is 13.3. The second kappa shape index (κ2) is 9.77. The smallest absolute Gasteiger partial charge is 0.255 e. The number of rotatable bonds is 6. The van der Waals surface area contributed by atoms with Gasteiger partial charge in [0.15, 0.2) is 5.82 Å². The van der Waals surface area contributed by atoms with Crippen molar-refractivity contribution in [1.29, 1.82) is 0 Å². The van der Waals surface area contributed by atoms with Crippen molar-refractivity contribution in [1.82, 2.24) is 19.9 Å². The van der Waals surface area contributed by atoms with Gasteiger partial charge in [-0.15, -0.1) is 11.8 Å². The van der Waals surface area contributed by atoms with Crippen LogP contribution in [0.15, 0.2) is 76.1 Å². The number of fused-ring (bicyclic) bond motifs is 1. The van der Waals surface area contributed by atoms with Gasteiger partial charge in [-0.3, -0.25) is 9.69 Å². The Kier molecular flexibility index (Phi) is 6.41. The van der Waals surface area contributed by atoms with E-state index in [-0.39, 0.29) is 5.91 Å². The van der Waals surface area contributed by atoms with Crippen LogP contribution in [0.4, 0.5) is 0 Å². The van der Waals surface area contributed by atoms with Gasteiger partial charge in [0.1, 0.15) is 0 Å². The number of aryl methyl sites for hydroxylation is 1. The maximum atomic E-state index is 13.3. The molecule has 1 aliphatic rings. The largest absolute Gasteiger partial charge is 0.338 e. The quantitative estimate of drug-likeness (QED) is 0.388. The van der Waals surface area contributed by atoms with Crippen LogP contribution in [0.1, 0.15) is 27.6 Å². The average Bonchev–Trinajstić information content (AvgIpc) is 3.28. The van der Waals surface area contributed by atoms with E-state index in [1.807, 2.05) is 29.2 Å². The Labute approximate surface area is 197 Å². The van der Waals surface area contributed by atoms with Crippen LogP contribution in [-0.2, 0) is 12.3 Å². The van der Waals surface area contributed by atoms with Gasteiger partial charge in [0, 0.05) is 37.6 Å². The lowest BCUT2D eigenvalue weighted by Gasteiger charge is -2.35. The van der Waals surface area contributed by atoms with E-state index in [4.69, 9.17) is 4.52 Å². The van der Waals surface area contributed by atoms with Crippen molar-refractivity contribution in [3.05, 3.63) is 89.6 Å². The second-order valence-electron chi connectivity index (χ2n) is 8.23. The summed E-state index contributed by atoms with van der Waals surface area (Å²) in [4.78, 5) is 22.9. The van der Waals surface area contributed by atoms with Crippen molar-refractivity contribution in [2.75, 3.05) is 26.2 Å². The molecule has 0 saturated carbocycles. The third-order valence-electron chi connectivity index (χ3n) is 5.97. The van der Waals surface area contributed by atoms with Gasteiger partial charge in [-0.05, 0) is 35.4 Å². The third-order valence-corrected chi connectivity index (χ3v) is 7.03. The number of benzene rings is 3. The molecule has 1 amide bonds. The molecule has 0 radical (unpaired) electrons. The molecule has 168 valence electrons. The fourth-order valence-corrected chi connectivity index (χ4v) is 5.14. The van der Waals surface area contributed by atoms with Gasteiger partial charge in [-0.2, -0.15) is 4.98 Å². The summed E-state index contributed by atoms with van der Waals surface area (Å²) in [7, 11) is 0. The lowest BCUT2D eigenvalue weighted by atomic mass is 10.0. The minimum absolute atomic E-state index is 0.0876. The van der Waals surface area contributed by atoms with Crippen molar-refractivity contribution in [2.45, 2.75) is 24.1 Å². The minimum atomic E-state index is 0.0876. The highest BCUT2D eigenvalue weighted by atomic mass is 32.2. The van der Waals surface area contributed by atoms with Crippen molar-refractivity contribution < 1.29 is 9.32 Å². The van der Waals surface area contributed by atoms with E-state index in [0.29, 0.717) is 17.5 Å². The topological polar surface area (TPSA) is 62.5 Å². The molecule has 1 aliphatic heterocycles. The summed E-state index contributed by atoms with van der Waals surface area (Å²) in [6.45, 7) is 5.89. The number of carbonyl (C=O) groups excluding carboxylic acids is 1. The highest BCUT2D eigenvalue weighted by Crippen LogP contribution is 2.27. The molecule has 0 spiro atoms. The lowest BCUT2D eigenvalue weighted by Crippen LogP contribution is -2.48. The predicted octanol–water partition coefficient (Wildman–Crippen LogP) is 4.78. The van der Waals surface area contributed by atoms with E-state index >= 15 is 0 Å². The molecule has 5 rings (SSSR count). The Morgan fingerprint density at radius 1 is 0.970 bits per heavy atom. The molecular formula is C26H26N4O2S. The molecule has 0 bridgehead atoms. The van der Waals surface area contributed by atoms with Gasteiger partial charge < -0.3 is 9.42 Å². The first kappa shape index (κ1) is 21.7. The fraction of sp³-hybridized carbons (Fsp3) is 0.269. The van der Waals surface area contributed by atoms with Crippen LogP contribution in [0.5, 0.6) is 0 Å². The Hall–Kier alpha value is -3.16. The van der Waals surface area contributed by atoms with Gasteiger partial charge in [-0.1, -0.05) is 59.8 Å². The minimum Gasteiger partial charge on any atom is -0.338 e. The Morgan fingerprint density at radius 2 is 1.73 bits per heavy atom. The zero-order chi connectivity index (χ0) is 22.6. The number of hydrogen-bond acceptors (Lipinski definition) is 6. The summed E-state index contributed by atoms with van der Waals surface area (Å²) >= 11 is 1.56. The van der Waals surface area contributed by atoms with Crippen LogP contribution in [0.2, 0.25) is 0 Å². The summed E-state index contributed by atoms with van der Waals surface area (Å²) in [5.41, 5.74) is 2.08. The zero-order valence-electron chi connectivity index (χ0n) is 18.6. The fourth-order valence-electron chi connectivity index (χ4n) is 4.26. The molecule has 1 fully saturated rings. The van der Waals surface area contributed by atoms with Gasteiger partial charge >= 0.3 is 0 Å². The molecule has 1 saturated heterocycles. The molecule has 33 heavy (non-hydrogen) atoms. The van der Waals surface area contributed by atoms with Crippen LogP contribution in [0, 0.1) is 6.92 Å². The molecule has 0 aliphatic carbocycles. The standard InChI is InChI=1S/C26H26N4O2S/c1-19-27-25(32-28-19)18-33-24-12-5-4-11-23(24)26(31)30-15-13-29(14-16-30)17-21-9-6-8-20-7-2-3-10-22(20)21/h2-12H,13-18H2,1H3. The van der Waals surface area contributed by atoms with Crippen molar-refractivity contribution in [3.8, 4) is 0 Å². The average molecular weight is 459 g/mol. The third kappa shape index (κ3) is 4.94. The monoisotopic (exact) mass is 458 g/mol. The number of carbonyl (C=O) groups is 1. The highest BCUT2D eigenvalue weighted by Gasteiger charge is 2.24. The van der Waals surface area contributed by atoms with E-state index < -0.39 is 0 Å². The summed E-state index contributed by atoms with van der Waals surface area (Å²) < 4.78 is 5.21. The lowest BCUT2D eigenvalue weighted by molar-refractivity contribution is 0.0625. The van der Waals surface area contributed by atoms with Crippen molar-refractivity contribution in [2.24, 2.45) is 0 Å². The number of hydrogen-bond donors (Lipinski definition) is 0. The van der Waals surface area contributed by atoms with E-state index in [0.717, 1.165) is 43.2 Å². The molecule has 1 aromatic heterocycles. The summed E-state index contributed by atoms with van der Waals surface area (Å²) in [5, 5.41) is 6.41. The van der Waals surface area contributed by atoms with Crippen LogP contribution < -0.4 is 0 Å².